The Morgan fingerprint density at radius 1 is 0.963 bits per heavy atom. The van der Waals surface area contributed by atoms with Crippen molar-refractivity contribution in [1.29, 1.82) is 0 Å². The first-order valence-corrected chi connectivity index (χ1v) is 8.38. The standard InChI is InChI=1S/C21H19NO5/c1-14-11-19(15(2)26-14)21(24)25-13-20(23)22-16-7-6-10-18(12-16)27-17-8-4-3-5-9-17/h3-12H,13H2,1-2H3,(H,22,23). The van der Waals surface area contributed by atoms with Crippen LogP contribution in [-0.4, -0.2) is 18.5 Å². The number of anilines is 1. The van der Waals surface area contributed by atoms with E-state index in [-0.39, 0.29) is 0 Å². The largest absolute Gasteiger partial charge is 0.466 e. The van der Waals surface area contributed by atoms with Crippen LogP contribution in [0.15, 0.2) is 65.1 Å². The number of furan rings is 1. The zero-order valence-corrected chi connectivity index (χ0v) is 15.0. The average molecular weight is 365 g/mol. The first kappa shape index (κ1) is 18.3. The number of ether oxygens (including phenoxy) is 2. The number of carbonyl (C=O) groups is 2. The lowest BCUT2D eigenvalue weighted by atomic mass is 10.2. The maximum atomic E-state index is 12.1. The second kappa shape index (κ2) is 8.23. The fourth-order valence-electron chi connectivity index (χ4n) is 2.50. The number of aryl methyl sites for hydroxylation is 2. The second-order valence-corrected chi connectivity index (χ2v) is 5.89. The molecule has 0 spiro atoms. The molecule has 138 valence electrons. The Balaban J connectivity index is 1.55. The summed E-state index contributed by atoms with van der Waals surface area (Å²) in [7, 11) is 0. The van der Waals surface area contributed by atoms with E-state index in [9.17, 15) is 9.59 Å². The fourth-order valence-corrected chi connectivity index (χ4v) is 2.50. The zero-order valence-electron chi connectivity index (χ0n) is 15.0. The Bertz CT molecular complexity index is 946. The van der Waals surface area contributed by atoms with E-state index in [1.54, 1.807) is 44.2 Å². The minimum Gasteiger partial charge on any atom is -0.466 e. The molecule has 0 aliphatic rings. The normalized spacial score (nSPS) is 10.3. The molecule has 2 aromatic carbocycles. The first-order valence-electron chi connectivity index (χ1n) is 8.38. The Labute approximate surface area is 156 Å². The van der Waals surface area contributed by atoms with E-state index < -0.39 is 18.5 Å². The smallest absolute Gasteiger partial charge is 0.342 e. The van der Waals surface area contributed by atoms with Crippen molar-refractivity contribution >= 4 is 17.6 Å². The lowest BCUT2D eigenvalue weighted by molar-refractivity contribution is -0.119. The van der Waals surface area contributed by atoms with Gasteiger partial charge in [0.05, 0.1) is 0 Å². The molecule has 1 N–H and O–H groups in total. The molecule has 27 heavy (non-hydrogen) atoms. The number of para-hydroxylation sites is 1. The third-order valence-electron chi connectivity index (χ3n) is 3.69. The molecule has 0 aliphatic heterocycles. The molecule has 1 aromatic heterocycles. The van der Waals surface area contributed by atoms with Crippen molar-refractivity contribution in [3.05, 3.63) is 77.7 Å². The molecule has 1 amide bonds. The van der Waals surface area contributed by atoms with E-state index in [4.69, 9.17) is 13.9 Å². The number of nitrogens with one attached hydrogen (secondary N) is 1. The molecule has 0 aliphatic carbocycles. The summed E-state index contributed by atoms with van der Waals surface area (Å²) in [4.78, 5) is 24.1. The fraction of sp³-hybridized carbons (Fsp3) is 0.143. The number of amides is 1. The molecule has 0 unspecified atom stereocenters. The van der Waals surface area contributed by atoms with Crippen LogP contribution in [0.1, 0.15) is 21.9 Å². The maximum absolute atomic E-state index is 12.1. The van der Waals surface area contributed by atoms with Gasteiger partial charge in [0.2, 0.25) is 0 Å². The summed E-state index contributed by atoms with van der Waals surface area (Å²) >= 11 is 0. The van der Waals surface area contributed by atoms with Gasteiger partial charge >= 0.3 is 5.97 Å². The maximum Gasteiger partial charge on any atom is 0.342 e. The molecular weight excluding hydrogens is 346 g/mol. The Kier molecular flexibility index (Phi) is 5.56. The quantitative estimate of drug-likeness (QED) is 0.652. The monoisotopic (exact) mass is 365 g/mol. The van der Waals surface area contributed by atoms with E-state index >= 15 is 0 Å². The van der Waals surface area contributed by atoms with Crippen LogP contribution < -0.4 is 10.1 Å². The van der Waals surface area contributed by atoms with E-state index in [1.165, 1.54) is 0 Å². The van der Waals surface area contributed by atoms with Crippen LogP contribution >= 0.6 is 0 Å². The molecule has 0 atom stereocenters. The molecule has 6 nitrogen and oxygen atoms in total. The highest BCUT2D eigenvalue weighted by atomic mass is 16.5. The number of esters is 1. The predicted octanol–water partition coefficient (Wildman–Crippen LogP) is 4.48. The highest BCUT2D eigenvalue weighted by molar-refractivity contribution is 5.96. The van der Waals surface area contributed by atoms with E-state index in [0.717, 1.165) is 0 Å². The number of benzene rings is 2. The molecule has 0 bridgehead atoms. The Hall–Kier alpha value is -3.54. The third kappa shape index (κ3) is 4.98. The van der Waals surface area contributed by atoms with Crippen LogP contribution in [0.5, 0.6) is 11.5 Å². The number of carbonyl (C=O) groups excluding carboxylic acids is 2. The van der Waals surface area contributed by atoms with Gasteiger partial charge in [-0.25, -0.2) is 4.79 Å². The summed E-state index contributed by atoms with van der Waals surface area (Å²) < 4.78 is 16.0. The van der Waals surface area contributed by atoms with Gasteiger partial charge in [-0.2, -0.15) is 0 Å². The van der Waals surface area contributed by atoms with E-state index in [2.05, 4.69) is 5.32 Å². The lowest BCUT2D eigenvalue weighted by Gasteiger charge is -2.09. The van der Waals surface area contributed by atoms with Gasteiger partial charge in [0, 0.05) is 11.8 Å². The third-order valence-corrected chi connectivity index (χ3v) is 3.69. The van der Waals surface area contributed by atoms with E-state index in [1.807, 2.05) is 30.3 Å². The minimum atomic E-state index is -0.597. The topological polar surface area (TPSA) is 77.8 Å². The van der Waals surface area contributed by atoms with Crippen molar-refractivity contribution in [2.45, 2.75) is 13.8 Å². The summed E-state index contributed by atoms with van der Waals surface area (Å²) in [5, 5.41) is 2.68. The van der Waals surface area contributed by atoms with Gasteiger partial charge in [0.15, 0.2) is 6.61 Å². The van der Waals surface area contributed by atoms with Crippen molar-refractivity contribution in [3.63, 3.8) is 0 Å². The van der Waals surface area contributed by atoms with Gasteiger partial charge in [-0.1, -0.05) is 24.3 Å². The SMILES string of the molecule is Cc1cc(C(=O)OCC(=O)Nc2cccc(Oc3ccccc3)c2)c(C)o1. The molecule has 1 heterocycles. The second-order valence-electron chi connectivity index (χ2n) is 5.89. The summed E-state index contributed by atoms with van der Waals surface area (Å²) in [5.41, 5.74) is 0.860. The van der Waals surface area contributed by atoms with Crippen molar-refractivity contribution < 1.29 is 23.5 Å². The summed E-state index contributed by atoms with van der Waals surface area (Å²) in [5.74, 6) is 1.31. The highest BCUT2D eigenvalue weighted by Gasteiger charge is 2.16. The van der Waals surface area contributed by atoms with Gasteiger partial charge in [-0.15, -0.1) is 0 Å². The minimum absolute atomic E-state index is 0.318. The van der Waals surface area contributed by atoms with Gasteiger partial charge in [-0.3, -0.25) is 4.79 Å². The summed E-state index contributed by atoms with van der Waals surface area (Å²) in [6.45, 7) is 3.01. The molecule has 3 rings (SSSR count). The van der Waals surface area contributed by atoms with Crippen LogP contribution in [0.4, 0.5) is 5.69 Å². The molecule has 0 radical (unpaired) electrons. The predicted molar refractivity (Wildman–Crippen MR) is 100 cm³/mol. The number of rotatable bonds is 6. The molecular formula is C21H19NO5. The first-order chi connectivity index (χ1) is 13.0. The van der Waals surface area contributed by atoms with Crippen LogP contribution in [0.2, 0.25) is 0 Å². The molecule has 0 saturated carbocycles. The van der Waals surface area contributed by atoms with E-state index in [0.29, 0.717) is 34.3 Å². The Morgan fingerprint density at radius 3 is 2.41 bits per heavy atom. The Morgan fingerprint density at radius 2 is 1.70 bits per heavy atom. The van der Waals surface area contributed by atoms with Gasteiger partial charge in [0.25, 0.3) is 5.91 Å². The number of hydrogen-bond acceptors (Lipinski definition) is 5. The summed E-state index contributed by atoms with van der Waals surface area (Å²) in [6, 6.07) is 17.9. The molecule has 3 aromatic rings. The number of hydrogen-bond donors (Lipinski definition) is 1. The lowest BCUT2D eigenvalue weighted by Crippen LogP contribution is -2.21. The highest BCUT2D eigenvalue weighted by Crippen LogP contribution is 2.23. The van der Waals surface area contributed by atoms with Gasteiger partial charge < -0.3 is 19.2 Å². The van der Waals surface area contributed by atoms with Crippen LogP contribution in [0, 0.1) is 13.8 Å². The molecule has 6 heteroatoms. The summed E-state index contributed by atoms with van der Waals surface area (Å²) in [6.07, 6.45) is 0. The van der Waals surface area contributed by atoms with Crippen LogP contribution in [0.25, 0.3) is 0 Å². The van der Waals surface area contributed by atoms with Crippen molar-refractivity contribution in [2.24, 2.45) is 0 Å². The van der Waals surface area contributed by atoms with Gasteiger partial charge in [0.1, 0.15) is 28.6 Å². The van der Waals surface area contributed by atoms with Crippen molar-refractivity contribution in [2.75, 3.05) is 11.9 Å². The van der Waals surface area contributed by atoms with Crippen molar-refractivity contribution in [1.82, 2.24) is 0 Å². The van der Waals surface area contributed by atoms with Gasteiger partial charge in [-0.05, 0) is 44.2 Å². The molecule has 0 fully saturated rings. The molecule has 0 saturated heterocycles. The zero-order chi connectivity index (χ0) is 19.2. The van der Waals surface area contributed by atoms with Crippen LogP contribution in [-0.2, 0) is 9.53 Å². The van der Waals surface area contributed by atoms with Crippen LogP contribution in [0.3, 0.4) is 0 Å². The van der Waals surface area contributed by atoms with Crippen molar-refractivity contribution in [3.8, 4) is 11.5 Å². The average Bonchev–Trinajstić information content (AvgIpc) is 2.99.